The van der Waals surface area contributed by atoms with Gasteiger partial charge in [-0.3, -0.25) is 0 Å². The third-order valence-electron chi connectivity index (χ3n) is 3.99. The van der Waals surface area contributed by atoms with Crippen molar-refractivity contribution in [1.82, 2.24) is 5.32 Å². The Labute approximate surface area is 104 Å². The number of alkyl halides is 1. The molecule has 1 heterocycles. The highest BCUT2D eigenvalue weighted by atomic mass is 35.5. The first kappa shape index (κ1) is 12.7. The van der Waals surface area contributed by atoms with E-state index in [9.17, 15) is 0 Å². The van der Waals surface area contributed by atoms with Crippen molar-refractivity contribution in [3.8, 4) is 0 Å². The Hall–Kier alpha value is 0.210. The zero-order chi connectivity index (χ0) is 11.2. The van der Waals surface area contributed by atoms with E-state index in [0.717, 1.165) is 19.0 Å². The number of nitrogens with one attached hydrogen (secondary N) is 1. The average Bonchev–Trinajstić information content (AvgIpc) is 2.95. The van der Waals surface area contributed by atoms with Crippen LogP contribution in [0.15, 0.2) is 0 Å². The molecule has 0 spiro atoms. The SMILES string of the molecule is ClCC1CCCC1NCCCC1CCCO1. The van der Waals surface area contributed by atoms with E-state index in [-0.39, 0.29) is 0 Å². The van der Waals surface area contributed by atoms with E-state index < -0.39 is 0 Å². The van der Waals surface area contributed by atoms with E-state index in [4.69, 9.17) is 16.3 Å². The normalized spacial score (nSPS) is 34.7. The van der Waals surface area contributed by atoms with E-state index in [0.29, 0.717) is 18.1 Å². The van der Waals surface area contributed by atoms with Crippen LogP contribution >= 0.6 is 11.6 Å². The molecule has 0 aromatic heterocycles. The monoisotopic (exact) mass is 245 g/mol. The van der Waals surface area contributed by atoms with E-state index in [1.807, 2.05) is 0 Å². The summed E-state index contributed by atoms with van der Waals surface area (Å²) in [7, 11) is 0. The van der Waals surface area contributed by atoms with Gasteiger partial charge in [0.15, 0.2) is 0 Å². The van der Waals surface area contributed by atoms with Crippen molar-refractivity contribution in [2.24, 2.45) is 5.92 Å². The molecule has 2 nitrogen and oxygen atoms in total. The van der Waals surface area contributed by atoms with Crippen LogP contribution in [0, 0.1) is 5.92 Å². The largest absolute Gasteiger partial charge is 0.378 e. The van der Waals surface area contributed by atoms with Crippen molar-refractivity contribution in [3.05, 3.63) is 0 Å². The predicted octanol–water partition coefficient (Wildman–Crippen LogP) is 2.94. The minimum atomic E-state index is 0.550. The fourth-order valence-corrected chi connectivity index (χ4v) is 3.35. The van der Waals surface area contributed by atoms with Crippen molar-refractivity contribution in [3.63, 3.8) is 0 Å². The molecule has 2 aliphatic rings. The van der Waals surface area contributed by atoms with Crippen molar-refractivity contribution < 1.29 is 4.74 Å². The second-order valence-corrected chi connectivity index (χ2v) is 5.49. The highest BCUT2D eigenvalue weighted by Gasteiger charge is 2.25. The minimum absolute atomic E-state index is 0.550. The van der Waals surface area contributed by atoms with Crippen molar-refractivity contribution in [2.75, 3.05) is 19.0 Å². The van der Waals surface area contributed by atoms with Crippen LogP contribution in [-0.4, -0.2) is 31.2 Å². The summed E-state index contributed by atoms with van der Waals surface area (Å²) in [6, 6.07) is 0.682. The van der Waals surface area contributed by atoms with Crippen LogP contribution in [-0.2, 0) is 4.74 Å². The molecule has 0 bridgehead atoms. The van der Waals surface area contributed by atoms with Crippen LogP contribution in [0.1, 0.15) is 44.9 Å². The molecule has 2 rings (SSSR count). The van der Waals surface area contributed by atoms with Gasteiger partial charge in [0.2, 0.25) is 0 Å². The van der Waals surface area contributed by atoms with Crippen LogP contribution < -0.4 is 5.32 Å². The summed E-state index contributed by atoms with van der Waals surface area (Å²) in [4.78, 5) is 0. The second kappa shape index (κ2) is 6.83. The lowest BCUT2D eigenvalue weighted by Crippen LogP contribution is -2.34. The summed E-state index contributed by atoms with van der Waals surface area (Å²) in [5.74, 6) is 1.54. The molecule has 3 atom stereocenters. The number of hydrogen-bond donors (Lipinski definition) is 1. The van der Waals surface area contributed by atoms with Gasteiger partial charge in [-0.1, -0.05) is 6.42 Å². The lowest BCUT2D eigenvalue weighted by molar-refractivity contribution is 0.102. The Kier molecular flexibility index (Phi) is 5.40. The maximum Gasteiger partial charge on any atom is 0.0576 e. The summed E-state index contributed by atoms with van der Waals surface area (Å²) in [6.45, 7) is 2.12. The Morgan fingerprint density at radius 1 is 1.19 bits per heavy atom. The number of rotatable bonds is 6. The average molecular weight is 246 g/mol. The summed E-state index contributed by atoms with van der Waals surface area (Å²) in [6.07, 6.45) is 9.53. The molecule has 1 aliphatic carbocycles. The van der Waals surface area contributed by atoms with E-state index in [2.05, 4.69) is 5.32 Å². The summed E-state index contributed by atoms with van der Waals surface area (Å²) >= 11 is 5.96. The van der Waals surface area contributed by atoms with Gasteiger partial charge in [-0.05, 0) is 51.0 Å². The molecule has 2 fully saturated rings. The summed E-state index contributed by atoms with van der Waals surface area (Å²) in [5, 5.41) is 3.67. The second-order valence-electron chi connectivity index (χ2n) is 5.18. The van der Waals surface area contributed by atoms with Crippen LogP contribution in [0.2, 0.25) is 0 Å². The maximum atomic E-state index is 5.96. The first-order valence-corrected chi connectivity index (χ1v) is 7.34. The Morgan fingerprint density at radius 3 is 2.88 bits per heavy atom. The highest BCUT2D eigenvalue weighted by molar-refractivity contribution is 6.18. The fraction of sp³-hybridized carbons (Fsp3) is 1.00. The van der Waals surface area contributed by atoms with Crippen LogP contribution in [0.4, 0.5) is 0 Å². The number of hydrogen-bond acceptors (Lipinski definition) is 2. The Balaban J connectivity index is 1.53. The van der Waals surface area contributed by atoms with Crippen molar-refractivity contribution >= 4 is 11.6 Å². The lowest BCUT2D eigenvalue weighted by atomic mass is 10.1. The molecule has 1 N–H and O–H groups in total. The molecule has 0 amide bonds. The first-order chi connectivity index (χ1) is 7.90. The molecule has 0 aromatic carbocycles. The molecular weight excluding hydrogens is 222 g/mol. The smallest absolute Gasteiger partial charge is 0.0576 e. The standard InChI is InChI=1S/C13H24ClNO/c14-10-11-4-1-7-13(11)15-8-2-5-12-6-3-9-16-12/h11-13,15H,1-10H2. The Bertz CT molecular complexity index is 194. The molecule has 0 aromatic rings. The van der Waals surface area contributed by atoms with Gasteiger partial charge in [-0.2, -0.15) is 0 Å². The number of ether oxygens (including phenoxy) is 1. The third-order valence-corrected chi connectivity index (χ3v) is 4.39. The molecular formula is C13H24ClNO. The van der Waals surface area contributed by atoms with Gasteiger partial charge in [-0.25, -0.2) is 0 Å². The zero-order valence-corrected chi connectivity index (χ0v) is 10.8. The molecule has 3 unspecified atom stereocenters. The molecule has 3 heteroatoms. The predicted molar refractivity (Wildman–Crippen MR) is 68.1 cm³/mol. The van der Waals surface area contributed by atoms with Gasteiger partial charge < -0.3 is 10.1 Å². The van der Waals surface area contributed by atoms with E-state index in [1.165, 1.54) is 44.9 Å². The van der Waals surface area contributed by atoms with Gasteiger partial charge >= 0.3 is 0 Å². The topological polar surface area (TPSA) is 21.3 Å². The van der Waals surface area contributed by atoms with E-state index in [1.54, 1.807) is 0 Å². The minimum Gasteiger partial charge on any atom is -0.378 e. The fourth-order valence-electron chi connectivity index (χ4n) is 2.98. The van der Waals surface area contributed by atoms with Crippen molar-refractivity contribution in [2.45, 2.75) is 57.1 Å². The highest BCUT2D eigenvalue weighted by Crippen LogP contribution is 2.26. The molecule has 94 valence electrons. The van der Waals surface area contributed by atoms with Gasteiger partial charge in [0, 0.05) is 18.5 Å². The molecule has 1 saturated heterocycles. The van der Waals surface area contributed by atoms with Crippen LogP contribution in [0.25, 0.3) is 0 Å². The number of halogens is 1. The van der Waals surface area contributed by atoms with Crippen molar-refractivity contribution in [1.29, 1.82) is 0 Å². The first-order valence-electron chi connectivity index (χ1n) is 6.81. The molecule has 1 aliphatic heterocycles. The molecule has 16 heavy (non-hydrogen) atoms. The maximum absolute atomic E-state index is 5.96. The van der Waals surface area contributed by atoms with Gasteiger partial charge in [0.05, 0.1) is 6.10 Å². The van der Waals surface area contributed by atoms with Gasteiger partial charge in [0.1, 0.15) is 0 Å². The van der Waals surface area contributed by atoms with Crippen LogP contribution in [0.5, 0.6) is 0 Å². The Morgan fingerprint density at radius 2 is 2.12 bits per heavy atom. The quantitative estimate of drug-likeness (QED) is 0.574. The van der Waals surface area contributed by atoms with Gasteiger partial charge in [0.25, 0.3) is 0 Å². The third kappa shape index (κ3) is 3.61. The lowest BCUT2D eigenvalue weighted by Gasteiger charge is -2.19. The summed E-state index contributed by atoms with van der Waals surface area (Å²) in [5.41, 5.74) is 0. The van der Waals surface area contributed by atoms with Gasteiger partial charge in [-0.15, -0.1) is 11.6 Å². The zero-order valence-electron chi connectivity index (χ0n) is 10.1. The molecule has 1 saturated carbocycles. The summed E-state index contributed by atoms with van der Waals surface area (Å²) < 4.78 is 5.62. The van der Waals surface area contributed by atoms with Crippen LogP contribution in [0.3, 0.4) is 0 Å². The van der Waals surface area contributed by atoms with E-state index >= 15 is 0 Å². The molecule has 0 radical (unpaired) electrons.